The zero-order valence-electron chi connectivity index (χ0n) is 5.99. The van der Waals surface area contributed by atoms with Gasteiger partial charge >= 0.3 is 17.9 Å². The van der Waals surface area contributed by atoms with Crippen LogP contribution in [-0.2, 0) is 19.1 Å². The number of aliphatic hydroxyl groups is 1. The van der Waals surface area contributed by atoms with Crippen molar-refractivity contribution in [3.8, 4) is 0 Å². The van der Waals surface area contributed by atoms with Crippen LogP contribution in [0.3, 0.4) is 0 Å². The number of carbonyl (C=O) groups excluding carboxylic acids is 2. The molecule has 0 aromatic rings. The van der Waals surface area contributed by atoms with Crippen molar-refractivity contribution in [2.24, 2.45) is 0 Å². The summed E-state index contributed by atoms with van der Waals surface area (Å²) in [5, 5.41) is 9.01. The SMILES string of the molecule is CC1(O)OC(=O)CCC(=O)O1. The number of ether oxygens (including phenoxy) is 2. The lowest BCUT2D eigenvalue weighted by molar-refractivity contribution is -0.309. The van der Waals surface area contributed by atoms with Crippen LogP contribution in [-0.4, -0.2) is 23.0 Å². The molecule has 0 atom stereocenters. The summed E-state index contributed by atoms with van der Waals surface area (Å²) in [5.41, 5.74) is 0. The molecule has 11 heavy (non-hydrogen) atoms. The predicted octanol–water partition coefficient (Wildman–Crippen LogP) is -0.467. The molecule has 0 aromatic heterocycles. The number of esters is 2. The summed E-state index contributed by atoms with van der Waals surface area (Å²) in [6, 6.07) is 0. The minimum absolute atomic E-state index is 0.0466. The molecular formula is C6H8O5. The Bertz CT molecular complexity index is 175. The van der Waals surface area contributed by atoms with E-state index in [1.165, 1.54) is 0 Å². The van der Waals surface area contributed by atoms with Gasteiger partial charge in [-0.2, -0.15) is 0 Å². The number of carbonyl (C=O) groups is 2. The summed E-state index contributed by atoms with van der Waals surface area (Å²) in [7, 11) is 0. The molecular weight excluding hydrogens is 152 g/mol. The van der Waals surface area contributed by atoms with E-state index in [4.69, 9.17) is 5.11 Å². The van der Waals surface area contributed by atoms with Crippen LogP contribution < -0.4 is 0 Å². The van der Waals surface area contributed by atoms with Gasteiger partial charge in [-0.15, -0.1) is 0 Å². The zero-order valence-corrected chi connectivity index (χ0v) is 5.99. The molecule has 5 heteroatoms. The number of hydrogen-bond donors (Lipinski definition) is 1. The smallest absolute Gasteiger partial charge is 0.370 e. The first-order valence-corrected chi connectivity index (χ1v) is 3.16. The predicted molar refractivity (Wildman–Crippen MR) is 32.0 cm³/mol. The maximum Gasteiger partial charge on any atom is 0.370 e. The molecule has 0 unspecified atom stereocenters. The van der Waals surface area contributed by atoms with E-state index in [1.807, 2.05) is 0 Å². The minimum Gasteiger partial charge on any atom is -0.398 e. The molecule has 1 saturated heterocycles. The van der Waals surface area contributed by atoms with Gasteiger partial charge in [0.15, 0.2) is 0 Å². The van der Waals surface area contributed by atoms with Crippen LogP contribution in [0.2, 0.25) is 0 Å². The lowest BCUT2D eigenvalue weighted by Crippen LogP contribution is -2.33. The van der Waals surface area contributed by atoms with Crippen molar-refractivity contribution < 1.29 is 24.2 Å². The number of hydrogen-bond acceptors (Lipinski definition) is 5. The Morgan fingerprint density at radius 3 is 2.00 bits per heavy atom. The largest absolute Gasteiger partial charge is 0.398 e. The maximum absolute atomic E-state index is 10.6. The van der Waals surface area contributed by atoms with Gasteiger partial charge in [-0.25, -0.2) is 0 Å². The fraction of sp³-hybridized carbons (Fsp3) is 0.667. The zero-order chi connectivity index (χ0) is 8.48. The summed E-state index contributed by atoms with van der Waals surface area (Å²) >= 11 is 0. The fourth-order valence-corrected chi connectivity index (χ4v) is 0.749. The third-order valence-corrected chi connectivity index (χ3v) is 1.14. The fourth-order valence-electron chi connectivity index (χ4n) is 0.749. The van der Waals surface area contributed by atoms with Gasteiger partial charge in [0.1, 0.15) is 0 Å². The van der Waals surface area contributed by atoms with Gasteiger partial charge < -0.3 is 14.6 Å². The Morgan fingerprint density at radius 2 is 1.64 bits per heavy atom. The highest BCUT2D eigenvalue weighted by molar-refractivity contribution is 5.79. The second-order valence-electron chi connectivity index (χ2n) is 2.35. The molecule has 0 amide bonds. The first kappa shape index (κ1) is 8.00. The molecule has 0 saturated carbocycles. The van der Waals surface area contributed by atoms with Crippen molar-refractivity contribution in [2.45, 2.75) is 25.7 Å². The highest BCUT2D eigenvalue weighted by atomic mass is 16.8. The normalized spacial score (nSPS) is 23.5. The Morgan fingerprint density at radius 1 is 1.27 bits per heavy atom. The van der Waals surface area contributed by atoms with Gasteiger partial charge in [0, 0.05) is 6.92 Å². The molecule has 1 N–H and O–H groups in total. The summed E-state index contributed by atoms with van der Waals surface area (Å²) < 4.78 is 8.69. The van der Waals surface area contributed by atoms with Crippen LogP contribution in [0.4, 0.5) is 0 Å². The van der Waals surface area contributed by atoms with Crippen molar-refractivity contribution in [3.63, 3.8) is 0 Å². The van der Waals surface area contributed by atoms with Crippen molar-refractivity contribution in [2.75, 3.05) is 0 Å². The monoisotopic (exact) mass is 160 g/mol. The summed E-state index contributed by atoms with van der Waals surface area (Å²) in [4.78, 5) is 21.3. The number of rotatable bonds is 0. The standard InChI is InChI=1S/C6H8O5/c1-6(9)10-4(7)2-3-5(8)11-6/h9H,2-3H2,1H3. The van der Waals surface area contributed by atoms with Crippen molar-refractivity contribution in [3.05, 3.63) is 0 Å². The van der Waals surface area contributed by atoms with E-state index in [1.54, 1.807) is 0 Å². The van der Waals surface area contributed by atoms with Crippen molar-refractivity contribution in [1.29, 1.82) is 0 Å². The van der Waals surface area contributed by atoms with Crippen molar-refractivity contribution >= 4 is 11.9 Å². The Hall–Kier alpha value is -1.10. The molecule has 1 rings (SSSR count). The van der Waals surface area contributed by atoms with Crippen molar-refractivity contribution in [1.82, 2.24) is 0 Å². The van der Waals surface area contributed by atoms with Gasteiger partial charge in [-0.05, 0) is 0 Å². The van der Waals surface area contributed by atoms with Gasteiger partial charge in [-0.3, -0.25) is 9.59 Å². The Labute approximate surface area is 62.9 Å². The molecule has 1 aliphatic rings. The van der Waals surface area contributed by atoms with E-state index in [9.17, 15) is 9.59 Å². The van der Waals surface area contributed by atoms with Gasteiger partial charge in [0.25, 0.3) is 0 Å². The molecule has 5 nitrogen and oxygen atoms in total. The molecule has 1 aliphatic heterocycles. The lowest BCUT2D eigenvalue weighted by Gasteiger charge is -2.19. The van der Waals surface area contributed by atoms with Crippen LogP contribution in [0.5, 0.6) is 0 Å². The van der Waals surface area contributed by atoms with Crippen LogP contribution in [0.25, 0.3) is 0 Å². The summed E-state index contributed by atoms with van der Waals surface area (Å²) in [6.07, 6.45) is -0.0933. The Kier molecular flexibility index (Phi) is 1.82. The lowest BCUT2D eigenvalue weighted by atomic mass is 10.3. The number of cyclic esters (lactones) is 2. The van der Waals surface area contributed by atoms with Crippen LogP contribution in [0.15, 0.2) is 0 Å². The van der Waals surface area contributed by atoms with E-state index in [-0.39, 0.29) is 12.8 Å². The summed E-state index contributed by atoms with van der Waals surface area (Å²) in [6.45, 7) is 1.09. The van der Waals surface area contributed by atoms with Gasteiger partial charge in [0.2, 0.25) is 0 Å². The van der Waals surface area contributed by atoms with E-state index in [0.29, 0.717) is 0 Å². The first-order valence-electron chi connectivity index (χ1n) is 3.16. The van der Waals surface area contributed by atoms with E-state index >= 15 is 0 Å². The minimum atomic E-state index is -2.09. The quantitative estimate of drug-likeness (QED) is 0.485. The van der Waals surface area contributed by atoms with E-state index < -0.39 is 17.9 Å². The maximum atomic E-state index is 10.6. The van der Waals surface area contributed by atoms with Gasteiger partial charge in [-0.1, -0.05) is 0 Å². The third-order valence-electron chi connectivity index (χ3n) is 1.14. The van der Waals surface area contributed by atoms with Crippen LogP contribution in [0, 0.1) is 0 Å². The average molecular weight is 160 g/mol. The topological polar surface area (TPSA) is 72.8 Å². The highest BCUT2D eigenvalue weighted by Gasteiger charge is 2.33. The summed E-state index contributed by atoms with van der Waals surface area (Å²) in [5.74, 6) is -3.37. The molecule has 0 aromatic carbocycles. The molecule has 0 bridgehead atoms. The van der Waals surface area contributed by atoms with Crippen LogP contribution in [0.1, 0.15) is 19.8 Å². The second-order valence-corrected chi connectivity index (χ2v) is 2.35. The molecule has 1 fully saturated rings. The van der Waals surface area contributed by atoms with Crippen LogP contribution >= 0.6 is 0 Å². The van der Waals surface area contributed by atoms with E-state index in [2.05, 4.69) is 9.47 Å². The average Bonchev–Trinajstić information content (AvgIpc) is 1.89. The Balaban J connectivity index is 2.70. The van der Waals surface area contributed by atoms with E-state index in [0.717, 1.165) is 6.92 Å². The first-order chi connectivity index (χ1) is 4.99. The van der Waals surface area contributed by atoms with Gasteiger partial charge in [0.05, 0.1) is 12.8 Å². The second kappa shape index (κ2) is 2.50. The molecule has 0 spiro atoms. The molecule has 1 heterocycles. The molecule has 0 radical (unpaired) electrons. The third kappa shape index (κ3) is 2.19. The molecule has 0 aliphatic carbocycles. The molecule has 62 valence electrons. The highest BCUT2D eigenvalue weighted by Crippen LogP contribution is 2.15.